The highest BCUT2D eigenvalue weighted by atomic mass is 35.5. The smallest absolute Gasteiger partial charge is 0.417 e. The highest BCUT2D eigenvalue weighted by Gasteiger charge is 2.34. The standard InChI is InChI=1S/C26H21F3N2O4.ClH/c1-34-25(33)22(30)12-15-6-9-17(10-7-15)35-18-11-8-16(21(14-18)26(27,28)29)13-20-19-4-2-3-5-23(19)31-24(20)32;/h2-11,13-14,22H,12,30H2,1H3,(H,31,32);1H. The molecule has 3 aromatic rings. The van der Waals surface area contributed by atoms with Crippen LogP contribution in [0.5, 0.6) is 11.5 Å². The van der Waals surface area contributed by atoms with Gasteiger partial charge in [-0.2, -0.15) is 13.2 Å². The molecule has 1 atom stereocenters. The quantitative estimate of drug-likeness (QED) is 0.334. The highest BCUT2D eigenvalue weighted by molar-refractivity contribution is 6.34. The van der Waals surface area contributed by atoms with Gasteiger partial charge in [-0.3, -0.25) is 9.59 Å². The van der Waals surface area contributed by atoms with Crippen LogP contribution in [0.25, 0.3) is 11.6 Å². The van der Waals surface area contributed by atoms with Crippen molar-refractivity contribution in [2.75, 3.05) is 12.4 Å². The number of ether oxygens (including phenoxy) is 2. The van der Waals surface area contributed by atoms with Crippen LogP contribution in [-0.4, -0.2) is 25.0 Å². The molecule has 188 valence electrons. The molecule has 0 radical (unpaired) electrons. The molecule has 1 unspecified atom stereocenters. The maximum atomic E-state index is 13.9. The van der Waals surface area contributed by atoms with Gasteiger partial charge in [0.2, 0.25) is 0 Å². The summed E-state index contributed by atoms with van der Waals surface area (Å²) in [7, 11) is 1.25. The van der Waals surface area contributed by atoms with Crippen molar-refractivity contribution in [3.63, 3.8) is 0 Å². The average Bonchev–Trinajstić information content (AvgIpc) is 3.14. The fourth-order valence-electron chi connectivity index (χ4n) is 3.73. The number of para-hydroxylation sites is 1. The molecule has 0 bridgehead atoms. The molecule has 36 heavy (non-hydrogen) atoms. The third-order valence-corrected chi connectivity index (χ3v) is 5.46. The number of carbonyl (C=O) groups excluding carboxylic acids is 2. The summed E-state index contributed by atoms with van der Waals surface area (Å²) in [6, 6.07) is 16.0. The first kappa shape index (κ1) is 26.8. The molecule has 6 nitrogen and oxygen atoms in total. The first-order valence-electron chi connectivity index (χ1n) is 10.6. The van der Waals surface area contributed by atoms with Gasteiger partial charge in [-0.15, -0.1) is 12.4 Å². The molecule has 3 aromatic carbocycles. The van der Waals surface area contributed by atoms with Crippen molar-refractivity contribution in [1.82, 2.24) is 0 Å². The first-order valence-corrected chi connectivity index (χ1v) is 10.6. The van der Waals surface area contributed by atoms with Crippen molar-refractivity contribution in [2.24, 2.45) is 5.73 Å². The number of hydrogen-bond acceptors (Lipinski definition) is 5. The Bertz CT molecular complexity index is 1310. The fourth-order valence-corrected chi connectivity index (χ4v) is 3.73. The molecule has 10 heteroatoms. The second-order valence-corrected chi connectivity index (χ2v) is 7.88. The Kier molecular flexibility index (Phi) is 8.07. The zero-order valence-electron chi connectivity index (χ0n) is 19.0. The Morgan fingerprint density at radius 3 is 2.39 bits per heavy atom. The summed E-state index contributed by atoms with van der Waals surface area (Å²) in [4.78, 5) is 23.8. The summed E-state index contributed by atoms with van der Waals surface area (Å²) in [6.45, 7) is 0. The van der Waals surface area contributed by atoms with Gasteiger partial charge in [0.1, 0.15) is 17.5 Å². The number of nitrogens with two attached hydrogens (primary N) is 1. The minimum Gasteiger partial charge on any atom is -0.468 e. The monoisotopic (exact) mass is 518 g/mol. The van der Waals surface area contributed by atoms with Gasteiger partial charge in [0.15, 0.2) is 0 Å². The molecule has 1 aliphatic heterocycles. The summed E-state index contributed by atoms with van der Waals surface area (Å²) in [5.74, 6) is -0.719. The Morgan fingerprint density at radius 1 is 1.06 bits per heavy atom. The largest absolute Gasteiger partial charge is 0.468 e. The van der Waals surface area contributed by atoms with E-state index in [0.29, 0.717) is 17.0 Å². The summed E-state index contributed by atoms with van der Waals surface area (Å²) in [5.41, 5.74) is 6.64. The molecule has 0 aromatic heterocycles. The predicted molar refractivity (Wildman–Crippen MR) is 132 cm³/mol. The molecule has 1 heterocycles. The Hall–Kier alpha value is -3.82. The summed E-state index contributed by atoms with van der Waals surface area (Å²) < 4.78 is 51.8. The van der Waals surface area contributed by atoms with E-state index in [1.165, 1.54) is 25.3 Å². The van der Waals surface area contributed by atoms with Gasteiger partial charge < -0.3 is 20.5 Å². The van der Waals surface area contributed by atoms with E-state index in [4.69, 9.17) is 10.5 Å². The van der Waals surface area contributed by atoms with Crippen LogP contribution in [0.1, 0.15) is 22.3 Å². The fraction of sp³-hybridized carbons (Fsp3) is 0.154. The van der Waals surface area contributed by atoms with E-state index in [1.54, 1.807) is 48.5 Å². The van der Waals surface area contributed by atoms with Gasteiger partial charge in [-0.05, 0) is 54.0 Å². The number of halogens is 4. The Labute approximate surface area is 211 Å². The zero-order chi connectivity index (χ0) is 25.2. The van der Waals surface area contributed by atoms with Crippen LogP contribution in [0.2, 0.25) is 0 Å². The van der Waals surface area contributed by atoms with Gasteiger partial charge in [0, 0.05) is 16.8 Å². The van der Waals surface area contributed by atoms with Crippen molar-refractivity contribution in [1.29, 1.82) is 0 Å². The number of esters is 1. The molecule has 1 aliphatic rings. The molecular weight excluding hydrogens is 497 g/mol. The van der Waals surface area contributed by atoms with Crippen LogP contribution in [0.15, 0.2) is 66.7 Å². The van der Waals surface area contributed by atoms with Gasteiger partial charge >= 0.3 is 12.1 Å². The van der Waals surface area contributed by atoms with Crippen molar-refractivity contribution < 1.29 is 32.2 Å². The van der Waals surface area contributed by atoms with E-state index < -0.39 is 29.7 Å². The van der Waals surface area contributed by atoms with Gasteiger partial charge in [0.25, 0.3) is 5.91 Å². The maximum Gasteiger partial charge on any atom is 0.417 e. The summed E-state index contributed by atoms with van der Waals surface area (Å²) >= 11 is 0. The lowest BCUT2D eigenvalue weighted by atomic mass is 10.00. The van der Waals surface area contributed by atoms with Crippen LogP contribution < -0.4 is 15.8 Å². The van der Waals surface area contributed by atoms with Gasteiger partial charge in [-0.1, -0.05) is 36.4 Å². The highest BCUT2D eigenvalue weighted by Crippen LogP contribution is 2.39. The second-order valence-electron chi connectivity index (χ2n) is 7.88. The molecule has 1 amide bonds. The van der Waals surface area contributed by atoms with Crippen LogP contribution in [0, 0.1) is 0 Å². The summed E-state index contributed by atoms with van der Waals surface area (Å²) in [6.07, 6.45) is -3.20. The number of fused-ring (bicyclic) bond motifs is 1. The van der Waals surface area contributed by atoms with E-state index in [-0.39, 0.29) is 35.7 Å². The van der Waals surface area contributed by atoms with E-state index in [0.717, 1.165) is 11.6 Å². The lowest BCUT2D eigenvalue weighted by Gasteiger charge is -2.14. The second kappa shape index (κ2) is 10.8. The number of alkyl halides is 3. The zero-order valence-corrected chi connectivity index (χ0v) is 19.8. The summed E-state index contributed by atoms with van der Waals surface area (Å²) in [5, 5.41) is 2.65. The molecule has 0 saturated heterocycles. The SMILES string of the molecule is COC(=O)C(N)Cc1ccc(Oc2ccc(C=C3C(=O)Nc4ccccc43)c(C(F)(F)F)c2)cc1.Cl. The minimum atomic E-state index is -4.67. The number of hydrogen-bond donors (Lipinski definition) is 2. The normalized spacial score (nSPS) is 14.5. The van der Waals surface area contributed by atoms with E-state index in [1.807, 2.05) is 0 Å². The Balaban J connectivity index is 0.00000361. The van der Waals surface area contributed by atoms with Gasteiger partial charge in [-0.25, -0.2) is 0 Å². The first-order chi connectivity index (χ1) is 16.7. The molecule has 0 saturated carbocycles. The number of nitrogens with one attached hydrogen (secondary N) is 1. The molecule has 3 N–H and O–H groups in total. The number of amides is 1. The molecular formula is C26H22ClF3N2O4. The number of rotatable bonds is 6. The van der Waals surface area contributed by atoms with Crippen LogP contribution in [-0.2, 0) is 26.9 Å². The number of benzene rings is 3. The van der Waals surface area contributed by atoms with Crippen molar-refractivity contribution >= 4 is 41.6 Å². The molecule has 0 spiro atoms. The molecule has 0 aliphatic carbocycles. The lowest BCUT2D eigenvalue weighted by molar-refractivity contribution is -0.142. The van der Waals surface area contributed by atoms with Crippen LogP contribution in [0.4, 0.5) is 18.9 Å². The van der Waals surface area contributed by atoms with Gasteiger partial charge in [0.05, 0.1) is 12.7 Å². The molecule has 4 rings (SSSR count). The predicted octanol–water partition coefficient (Wildman–Crippen LogP) is 5.46. The maximum absolute atomic E-state index is 13.9. The van der Waals surface area contributed by atoms with Crippen LogP contribution >= 0.6 is 12.4 Å². The number of methoxy groups -OCH3 is 1. The topological polar surface area (TPSA) is 90.7 Å². The van der Waals surface area contributed by atoms with Crippen molar-refractivity contribution in [3.05, 3.63) is 89.0 Å². The third-order valence-electron chi connectivity index (χ3n) is 5.46. The minimum absolute atomic E-state index is 0. The van der Waals surface area contributed by atoms with E-state index >= 15 is 0 Å². The number of carbonyl (C=O) groups is 2. The van der Waals surface area contributed by atoms with E-state index in [2.05, 4.69) is 10.1 Å². The van der Waals surface area contributed by atoms with E-state index in [9.17, 15) is 22.8 Å². The van der Waals surface area contributed by atoms with Crippen molar-refractivity contribution in [2.45, 2.75) is 18.6 Å². The number of anilines is 1. The van der Waals surface area contributed by atoms with Crippen LogP contribution in [0.3, 0.4) is 0 Å². The molecule has 0 fully saturated rings. The Morgan fingerprint density at radius 2 is 1.72 bits per heavy atom. The van der Waals surface area contributed by atoms with Crippen molar-refractivity contribution in [3.8, 4) is 11.5 Å². The lowest BCUT2D eigenvalue weighted by Crippen LogP contribution is -2.33. The third kappa shape index (κ3) is 5.87. The average molecular weight is 519 g/mol.